The van der Waals surface area contributed by atoms with Gasteiger partial charge in [-0.2, -0.15) is 0 Å². The Hall–Kier alpha value is -2.99. The smallest absolute Gasteiger partial charge is 0.317 e. The number of ketones is 1. The van der Waals surface area contributed by atoms with Gasteiger partial charge in [-0.3, -0.25) is 14.4 Å². The first-order valence-electron chi connectivity index (χ1n) is 10.2. The molecule has 6 heteroatoms. The van der Waals surface area contributed by atoms with Crippen molar-refractivity contribution in [3.63, 3.8) is 0 Å². The summed E-state index contributed by atoms with van der Waals surface area (Å²) in [6.07, 6.45) is 1.03. The van der Waals surface area contributed by atoms with Gasteiger partial charge in [0.2, 0.25) is 0 Å². The van der Waals surface area contributed by atoms with Crippen molar-refractivity contribution in [2.45, 2.75) is 44.8 Å². The zero-order valence-corrected chi connectivity index (χ0v) is 17.0. The number of benzene rings is 2. The van der Waals surface area contributed by atoms with Gasteiger partial charge in [0.1, 0.15) is 12.4 Å². The van der Waals surface area contributed by atoms with Crippen LogP contribution in [0.15, 0.2) is 54.6 Å². The van der Waals surface area contributed by atoms with Crippen LogP contribution in [0.3, 0.4) is 0 Å². The van der Waals surface area contributed by atoms with Crippen molar-refractivity contribution in [3.05, 3.63) is 71.3 Å². The molecule has 3 rings (SSSR count). The third-order valence-electron chi connectivity index (χ3n) is 5.40. The van der Waals surface area contributed by atoms with Gasteiger partial charge < -0.3 is 15.2 Å². The average Bonchev–Trinajstić information content (AvgIpc) is 3.10. The highest BCUT2D eigenvalue weighted by Gasteiger charge is 2.37. The minimum atomic E-state index is -0.952. The predicted octanol–water partition coefficient (Wildman–Crippen LogP) is 3.10. The summed E-state index contributed by atoms with van der Waals surface area (Å²) in [5.74, 6) is -1.82. The van der Waals surface area contributed by atoms with E-state index in [4.69, 9.17) is 9.84 Å². The van der Waals surface area contributed by atoms with Gasteiger partial charge in [0.05, 0.1) is 12.5 Å². The third-order valence-corrected chi connectivity index (χ3v) is 5.40. The van der Waals surface area contributed by atoms with Crippen LogP contribution in [0.4, 0.5) is 0 Å². The Morgan fingerprint density at radius 2 is 1.77 bits per heavy atom. The van der Waals surface area contributed by atoms with Crippen molar-refractivity contribution >= 4 is 17.7 Å². The molecule has 2 N–H and O–H groups in total. The first kappa shape index (κ1) is 21.7. The van der Waals surface area contributed by atoms with E-state index < -0.39 is 11.9 Å². The number of aliphatic carboxylic acids is 1. The third kappa shape index (κ3) is 5.76. The summed E-state index contributed by atoms with van der Waals surface area (Å²) in [6, 6.07) is 16.9. The number of esters is 1. The van der Waals surface area contributed by atoms with Crippen molar-refractivity contribution < 1.29 is 24.2 Å². The highest BCUT2D eigenvalue weighted by Crippen LogP contribution is 2.35. The standard InChI is InChI=1S/C24H27NO5/c1-16(12-23(29)30-15-17-7-3-2-4-8-17)11-21(26)24-19-10-6-5-9-18(19)13-20(24)25-14-22(27)28/h2-10,16,20,24-25H,11-15H2,1H3,(H,27,28)/t16-,20?,24?/m0/s1. The minimum Gasteiger partial charge on any atom is -0.480 e. The molecule has 2 aromatic rings. The number of carbonyl (C=O) groups is 3. The zero-order chi connectivity index (χ0) is 21.5. The minimum absolute atomic E-state index is 0.0196. The van der Waals surface area contributed by atoms with Gasteiger partial charge in [0.25, 0.3) is 0 Å². The van der Waals surface area contributed by atoms with Gasteiger partial charge in [-0.25, -0.2) is 0 Å². The number of fused-ring (bicyclic) bond motifs is 1. The van der Waals surface area contributed by atoms with E-state index in [9.17, 15) is 14.4 Å². The summed E-state index contributed by atoms with van der Waals surface area (Å²) in [7, 11) is 0. The van der Waals surface area contributed by atoms with E-state index in [1.807, 2.05) is 61.5 Å². The quantitative estimate of drug-likeness (QED) is 0.586. The van der Waals surface area contributed by atoms with Crippen molar-refractivity contribution in [1.29, 1.82) is 0 Å². The number of carboxylic acid groups (broad SMARTS) is 1. The summed E-state index contributed by atoms with van der Waals surface area (Å²) >= 11 is 0. The van der Waals surface area contributed by atoms with Crippen LogP contribution in [-0.4, -0.2) is 35.4 Å². The Balaban J connectivity index is 1.57. The maximum Gasteiger partial charge on any atom is 0.317 e. The fraction of sp³-hybridized carbons (Fsp3) is 0.375. The van der Waals surface area contributed by atoms with Crippen LogP contribution < -0.4 is 5.32 Å². The molecule has 3 atom stereocenters. The van der Waals surface area contributed by atoms with E-state index in [1.54, 1.807) is 0 Å². The average molecular weight is 409 g/mol. The SMILES string of the molecule is C[C@H](CC(=O)OCc1ccccc1)CC(=O)C1c2ccccc2CC1NCC(=O)O. The highest BCUT2D eigenvalue weighted by molar-refractivity contribution is 5.88. The first-order chi connectivity index (χ1) is 14.4. The number of nitrogens with one attached hydrogen (secondary N) is 1. The molecular formula is C24H27NO5. The van der Waals surface area contributed by atoms with Crippen LogP contribution in [0.5, 0.6) is 0 Å². The number of Topliss-reactive ketones (excluding diaryl/α,β-unsaturated/α-hetero) is 1. The predicted molar refractivity (Wildman–Crippen MR) is 112 cm³/mol. The molecule has 158 valence electrons. The molecule has 1 aliphatic rings. The van der Waals surface area contributed by atoms with Crippen LogP contribution in [0.2, 0.25) is 0 Å². The lowest BCUT2D eigenvalue weighted by Crippen LogP contribution is -2.39. The Morgan fingerprint density at radius 1 is 1.07 bits per heavy atom. The molecule has 0 aliphatic heterocycles. The summed E-state index contributed by atoms with van der Waals surface area (Å²) in [4.78, 5) is 36.2. The molecule has 30 heavy (non-hydrogen) atoms. The fourth-order valence-corrected chi connectivity index (χ4v) is 4.03. The number of hydrogen-bond donors (Lipinski definition) is 2. The highest BCUT2D eigenvalue weighted by atomic mass is 16.5. The van der Waals surface area contributed by atoms with Gasteiger partial charge >= 0.3 is 11.9 Å². The lowest BCUT2D eigenvalue weighted by atomic mass is 9.87. The van der Waals surface area contributed by atoms with E-state index >= 15 is 0 Å². The van der Waals surface area contributed by atoms with E-state index in [2.05, 4.69) is 5.32 Å². The number of ether oxygens (including phenoxy) is 1. The molecule has 6 nitrogen and oxygen atoms in total. The fourth-order valence-electron chi connectivity index (χ4n) is 4.03. The summed E-state index contributed by atoms with van der Waals surface area (Å²) < 4.78 is 5.32. The molecule has 0 saturated carbocycles. The lowest BCUT2D eigenvalue weighted by molar-refractivity contribution is -0.146. The van der Waals surface area contributed by atoms with E-state index in [-0.39, 0.29) is 49.7 Å². The Labute approximate surface area is 176 Å². The topological polar surface area (TPSA) is 92.7 Å². The second-order valence-electron chi connectivity index (χ2n) is 7.89. The lowest BCUT2D eigenvalue weighted by Gasteiger charge is -2.21. The number of carbonyl (C=O) groups excluding carboxylic acids is 2. The molecule has 0 heterocycles. The molecule has 0 aromatic heterocycles. The second-order valence-corrected chi connectivity index (χ2v) is 7.89. The van der Waals surface area contributed by atoms with Gasteiger partial charge in [-0.1, -0.05) is 61.5 Å². The van der Waals surface area contributed by atoms with Crippen molar-refractivity contribution in [2.24, 2.45) is 5.92 Å². The van der Waals surface area contributed by atoms with Crippen molar-refractivity contribution in [3.8, 4) is 0 Å². The second kappa shape index (κ2) is 10.2. The van der Waals surface area contributed by atoms with Crippen LogP contribution in [0.1, 0.15) is 42.4 Å². The zero-order valence-electron chi connectivity index (χ0n) is 17.0. The number of carboxylic acids is 1. The van der Waals surface area contributed by atoms with Crippen LogP contribution in [0.25, 0.3) is 0 Å². The molecule has 0 spiro atoms. The van der Waals surface area contributed by atoms with Crippen LogP contribution in [-0.2, 0) is 32.1 Å². The summed E-state index contributed by atoms with van der Waals surface area (Å²) in [5, 5.41) is 12.0. The Bertz CT molecular complexity index is 895. The molecule has 0 amide bonds. The molecule has 2 unspecified atom stereocenters. The summed E-state index contributed by atoms with van der Waals surface area (Å²) in [6.45, 7) is 1.89. The molecule has 0 radical (unpaired) electrons. The molecule has 1 aliphatic carbocycles. The summed E-state index contributed by atoms with van der Waals surface area (Å²) in [5.41, 5.74) is 2.93. The molecule has 0 bridgehead atoms. The Morgan fingerprint density at radius 3 is 2.50 bits per heavy atom. The first-order valence-corrected chi connectivity index (χ1v) is 10.2. The van der Waals surface area contributed by atoms with Crippen LogP contribution in [0, 0.1) is 5.92 Å². The number of hydrogen-bond acceptors (Lipinski definition) is 5. The van der Waals surface area contributed by atoms with Crippen LogP contribution >= 0.6 is 0 Å². The normalized spacial score (nSPS) is 18.4. The van der Waals surface area contributed by atoms with E-state index in [0.29, 0.717) is 6.42 Å². The maximum absolute atomic E-state index is 13.1. The van der Waals surface area contributed by atoms with E-state index in [1.165, 1.54) is 0 Å². The molecule has 2 aromatic carbocycles. The Kier molecular flexibility index (Phi) is 7.36. The maximum atomic E-state index is 13.1. The van der Waals surface area contributed by atoms with Gasteiger partial charge in [-0.15, -0.1) is 0 Å². The van der Waals surface area contributed by atoms with Crippen molar-refractivity contribution in [2.75, 3.05) is 6.54 Å². The molecule has 0 saturated heterocycles. The van der Waals surface area contributed by atoms with Gasteiger partial charge in [0.15, 0.2) is 0 Å². The van der Waals surface area contributed by atoms with Gasteiger partial charge in [0, 0.05) is 18.9 Å². The molecular weight excluding hydrogens is 382 g/mol. The molecule has 0 fully saturated rings. The van der Waals surface area contributed by atoms with E-state index in [0.717, 1.165) is 16.7 Å². The van der Waals surface area contributed by atoms with Crippen molar-refractivity contribution in [1.82, 2.24) is 5.32 Å². The largest absolute Gasteiger partial charge is 0.480 e. The number of rotatable bonds is 10. The van der Waals surface area contributed by atoms with Gasteiger partial charge in [-0.05, 0) is 29.0 Å². The monoisotopic (exact) mass is 409 g/mol.